The molecule has 0 N–H and O–H groups in total. The zero-order chi connectivity index (χ0) is 25.8. The number of fused-ring (bicyclic) bond motifs is 1. The van der Waals surface area contributed by atoms with Gasteiger partial charge in [0.1, 0.15) is 0 Å². The van der Waals surface area contributed by atoms with Crippen molar-refractivity contribution in [2.24, 2.45) is 0 Å². The maximum Gasteiger partial charge on any atom is 0.173 e. The first-order valence-corrected chi connectivity index (χ1v) is 15.1. The maximum atomic E-state index is 15.5. The van der Waals surface area contributed by atoms with E-state index in [4.69, 9.17) is 4.74 Å². The molecule has 38 heavy (non-hydrogen) atoms. The van der Waals surface area contributed by atoms with Crippen LogP contribution in [0.4, 0.5) is 5.69 Å². The predicted molar refractivity (Wildman–Crippen MR) is 160 cm³/mol. The number of ether oxygens (including phenoxy) is 1. The van der Waals surface area contributed by atoms with Crippen LogP contribution in [0.2, 0.25) is 0 Å². The Hall–Kier alpha value is -3.65. The SMILES string of the molecule is O=P(c1ccccc1)(c1ccccc1)c1ccc2ccccc2c1N1CCCC1COCc1ccccc1. The lowest BCUT2D eigenvalue weighted by molar-refractivity contribution is 0.108. The van der Waals surface area contributed by atoms with E-state index in [1.807, 2.05) is 78.9 Å². The van der Waals surface area contributed by atoms with E-state index in [0.717, 1.165) is 51.8 Å². The highest BCUT2D eigenvalue weighted by atomic mass is 31.2. The fourth-order valence-electron chi connectivity index (χ4n) is 5.69. The summed E-state index contributed by atoms with van der Waals surface area (Å²) in [6, 6.07) is 43.2. The van der Waals surface area contributed by atoms with E-state index in [-0.39, 0.29) is 6.04 Å². The molecule has 0 aliphatic carbocycles. The van der Waals surface area contributed by atoms with Crippen molar-refractivity contribution in [2.45, 2.75) is 25.5 Å². The van der Waals surface area contributed by atoms with Gasteiger partial charge in [-0.3, -0.25) is 0 Å². The highest BCUT2D eigenvalue weighted by Crippen LogP contribution is 2.47. The molecule has 1 saturated heterocycles. The molecule has 0 saturated carbocycles. The minimum Gasteiger partial charge on any atom is -0.375 e. The third-order valence-electron chi connectivity index (χ3n) is 7.54. The molecule has 190 valence electrons. The van der Waals surface area contributed by atoms with Gasteiger partial charge in [-0.2, -0.15) is 0 Å². The smallest absolute Gasteiger partial charge is 0.173 e. The maximum absolute atomic E-state index is 15.5. The zero-order valence-corrected chi connectivity index (χ0v) is 22.3. The molecule has 0 radical (unpaired) electrons. The molecule has 1 aliphatic rings. The van der Waals surface area contributed by atoms with Gasteiger partial charge in [0.15, 0.2) is 7.14 Å². The van der Waals surface area contributed by atoms with Crippen molar-refractivity contribution in [3.05, 3.63) is 133 Å². The van der Waals surface area contributed by atoms with Gasteiger partial charge in [0.2, 0.25) is 0 Å². The van der Waals surface area contributed by atoms with Gasteiger partial charge in [-0.25, -0.2) is 0 Å². The summed E-state index contributed by atoms with van der Waals surface area (Å²) in [6.07, 6.45) is 2.14. The summed E-state index contributed by atoms with van der Waals surface area (Å²) < 4.78 is 21.7. The summed E-state index contributed by atoms with van der Waals surface area (Å²) in [5.74, 6) is 0. The molecule has 3 nitrogen and oxygen atoms in total. The van der Waals surface area contributed by atoms with E-state index < -0.39 is 7.14 Å². The van der Waals surface area contributed by atoms with Crippen LogP contribution in [0.1, 0.15) is 18.4 Å². The average molecular weight is 518 g/mol. The second-order valence-electron chi connectivity index (χ2n) is 9.92. The van der Waals surface area contributed by atoms with Crippen molar-refractivity contribution >= 4 is 39.5 Å². The molecule has 5 aromatic carbocycles. The minimum absolute atomic E-state index is 0.225. The van der Waals surface area contributed by atoms with E-state index in [0.29, 0.717) is 13.2 Å². The van der Waals surface area contributed by atoms with E-state index in [1.54, 1.807) is 0 Å². The molecule has 0 amide bonds. The highest BCUT2D eigenvalue weighted by molar-refractivity contribution is 7.85. The molecular weight excluding hydrogens is 485 g/mol. The molecule has 6 rings (SSSR count). The Morgan fingerprint density at radius 2 is 1.32 bits per heavy atom. The lowest BCUT2D eigenvalue weighted by Gasteiger charge is -2.33. The molecule has 1 atom stereocenters. The van der Waals surface area contributed by atoms with Crippen LogP contribution in [0, 0.1) is 0 Å². The van der Waals surface area contributed by atoms with Gasteiger partial charge in [0.25, 0.3) is 0 Å². The van der Waals surface area contributed by atoms with E-state index in [1.165, 1.54) is 5.56 Å². The van der Waals surface area contributed by atoms with Crippen molar-refractivity contribution in [3.8, 4) is 0 Å². The van der Waals surface area contributed by atoms with Crippen LogP contribution in [0.5, 0.6) is 0 Å². The lowest BCUT2D eigenvalue weighted by atomic mass is 10.1. The Morgan fingerprint density at radius 1 is 0.711 bits per heavy atom. The molecule has 1 unspecified atom stereocenters. The normalized spacial score (nSPS) is 15.7. The van der Waals surface area contributed by atoms with Gasteiger partial charge in [0.05, 0.1) is 24.9 Å². The number of hydrogen-bond acceptors (Lipinski definition) is 3. The summed E-state index contributed by atoms with van der Waals surface area (Å²) >= 11 is 0. The van der Waals surface area contributed by atoms with Crippen LogP contribution in [0.25, 0.3) is 10.8 Å². The number of hydrogen-bond donors (Lipinski definition) is 0. The van der Waals surface area contributed by atoms with Gasteiger partial charge in [0, 0.05) is 27.8 Å². The van der Waals surface area contributed by atoms with E-state index >= 15 is 4.57 Å². The van der Waals surface area contributed by atoms with Crippen molar-refractivity contribution in [1.82, 2.24) is 0 Å². The summed E-state index contributed by atoms with van der Waals surface area (Å²) in [5, 5.41) is 4.93. The number of nitrogens with zero attached hydrogens (tertiary/aromatic N) is 1. The van der Waals surface area contributed by atoms with E-state index in [9.17, 15) is 0 Å². The fraction of sp³-hybridized carbons (Fsp3) is 0.176. The molecule has 4 heteroatoms. The Morgan fingerprint density at radius 3 is 2.00 bits per heavy atom. The summed E-state index contributed by atoms with van der Waals surface area (Å²) in [6.45, 7) is 2.16. The monoisotopic (exact) mass is 517 g/mol. The van der Waals surface area contributed by atoms with Crippen molar-refractivity contribution < 1.29 is 9.30 Å². The molecule has 0 aromatic heterocycles. The largest absolute Gasteiger partial charge is 0.375 e. The summed E-state index contributed by atoms with van der Waals surface area (Å²) in [4.78, 5) is 2.47. The van der Waals surface area contributed by atoms with Crippen LogP contribution in [-0.4, -0.2) is 19.2 Å². The third kappa shape index (κ3) is 4.69. The Bertz CT molecular complexity index is 1510. The Labute approximate surface area is 225 Å². The van der Waals surface area contributed by atoms with Crippen molar-refractivity contribution in [2.75, 3.05) is 18.1 Å². The molecule has 0 spiro atoms. The van der Waals surface area contributed by atoms with Crippen LogP contribution < -0.4 is 20.8 Å². The zero-order valence-electron chi connectivity index (χ0n) is 21.4. The molecule has 1 fully saturated rings. The second-order valence-corrected chi connectivity index (χ2v) is 12.7. The molecule has 1 heterocycles. The van der Waals surface area contributed by atoms with Gasteiger partial charge in [-0.05, 0) is 29.9 Å². The van der Waals surface area contributed by atoms with Gasteiger partial charge < -0.3 is 14.2 Å². The first-order valence-electron chi connectivity index (χ1n) is 13.4. The number of anilines is 1. The van der Waals surface area contributed by atoms with Gasteiger partial charge in [-0.1, -0.05) is 121 Å². The average Bonchev–Trinajstić information content (AvgIpc) is 3.45. The summed E-state index contributed by atoms with van der Waals surface area (Å²) in [5.41, 5.74) is 2.27. The minimum atomic E-state index is -3.15. The quantitative estimate of drug-likeness (QED) is 0.216. The van der Waals surface area contributed by atoms with Gasteiger partial charge >= 0.3 is 0 Å². The van der Waals surface area contributed by atoms with Crippen LogP contribution in [0.15, 0.2) is 127 Å². The van der Waals surface area contributed by atoms with Crippen molar-refractivity contribution in [1.29, 1.82) is 0 Å². The lowest BCUT2D eigenvalue weighted by Crippen LogP contribution is -2.38. The molecule has 5 aromatic rings. The van der Waals surface area contributed by atoms with Gasteiger partial charge in [-0.15, -0.1) is 0 Å². The first kappa shape index (κ1) is 24.7. The molecule has 0 bridgehead atoms. The molecule has 1 aliphatic heterocycles. The van der Waals surface area contributed by atoms with Crippen molar-refractivity contribution in [3.63, 3.8) is 0 Å². The first-order chi connectivity index (χ1) is 18.7. The summed E-state index contributed by atoms with van der Waals surface area (Å²) in [7, 11) is -3.15. The molecular formula is C34H32NO2P. The van der Waals surface area contributed by atoms with Crippen LogP contribution >= 0.6 is 7.14 Å². The van der Waals surface area contributed by atoms with Crippen LogP contribution in [-0.2, 0) is 15.9 Å². The standard InChI is InChI=1S/C34H32NO2P/c36-38(30-17-6-2-7-18-30,31-19-8-3-9-20-31)33-23-22-28-15-10-11-21-32(28)34(33)35-24-12-16-29(35)26-37-25-27-13-4-1-5-14-27/h1-11,13-15,17-23,29H,12,16,24-26H2. The Balaban J connectivity index is 1.47. The second kappa shape index (κ2) is 11.0. The Kier molecular flexibility index (Phi) is 7.14. The fourth-order valence-corrected chi connectivity index (χ4v) is 8.56. The predicted octanol–water partition coefficient (Wildman–Crippen LogP) is 6.66. The number of rotatable bonds is 8. The third-order valence-corrected chi connectivity index (χ3v) is 10.6. The number of benzene rings is 5. The van der Waals surface area contributed by atoms with Crippen LogP contribution in [0.3, 0.4) is 0 Å². The highest BCUT2D eigenvalue weighted by Gasteiger charge is 2.36. The van der Waals surface area contributed by atoms with E-state index in [2.05, 4.69) is 53.4 Å². The topological polar surface area (TPSA) is 29.5 Å².